The molecule has 0 aromatic carbocycles. The summed E-state index contributed by atoms with van der Waals surface area (Å²) < 4.78 is 6.85. The number of nitrogens with one attached hydrogen (secondary N) is 1. The Morgan fingerprint density at radius 1 is 1.37 bits per heavy atom. The molecule has 0 saturated heterocycles. The zero-order valence-electron chi connectivity index (χ0n) is 14.7. The largest absolute Gasteiger partial charge is 0.461 e. The van der Waals surface area contributed by atoms with Gasteiger partial charge in [-0.05, 0) is 30.9 Å². The number of allylic oxidation sites excluding steroid dienone is 1. The van der Waals surface area contributed by atoms with Crippen LogP contribution in [-0.2, 0) is 4.79 Å². The third-order valence-corrected chi connectivity index (χ3v) is 6.73. The third kappa shape index (κ3) is 3.46. The summed E-state index contributed by atoms with van der Waals surface area (Å²) in [6.45, 7) is 4.10. The molecule has 0 aliphatic carbocycles. The molecule has 1 N–H and O–H groups in total. The molecule has 10 heteroatoms. The van der Waals surface area contributed by atoms with Gasteiger partial charge in [-0.15, -0.1) is 22.0 Å². The summed E-state index contributed by atoms with van der Waals surface area (Å²) in [5, 5.41) is 11.9. The van der Waals surface area contributed by atoms with E-state index < -0.39 is 0 Å². The first-order chi connectivity index (χ1) is 13.0. The van der Waals surface area contributed by atoms with E-state index in [0.29, 0.717) is 5.16 Å². The highest BCUT2D eigenvalue weighted by atomic mass is 32.2. The van der Waals surface area contributed by atoms with Crippen LogP contribution >= 0.6 is 23.5 Å². The van der Waals surface area contributed by atoms with Crippen LogP contribution in [0.5, 0.6) is 0 Å². The summed E-state index contributed by atoms with van der Waals surface area (Å²) in [4.78, 5) is 29.7. The predicted molar refractivity (Wildman–Crippen MR) is 103 cm³/mol. The van der Waals surface area contributed by atoms with Crippen molar-refractivity contribution in [1.82, 2.24) is 20.1 Å². The smallest absolute Gasteiger partial charge is 0.230 e. The quantitative estimate of drug-likeness (QED) is 0.583. The highest BCUT2D eigenvalue weighted by molar-refractivity contribution is 8.04. The fourth-order valence-electron chi connectivity index (χ4n) is 2.94. The molecule has 2 unspecified atom stereocenters. The Bertz CT molecular complexity index is 948. The van der Waals surface area contributed by atoms with Crippen LogP contribution in [0.1, 0.15) is 36.1 Å². The van der Waals surface area contributed by atoms with Gasteiger partial charge in [-0.25, -0.2) is 0 Å². The van der Waals surface area contributed by atoms with Crippen molar-refractivity contribution in [1.29, 1.82) is 0 Å². The maximum absolute atomic E-state index is 12.0. The average molecular weight is 403 g/mol. The Morgan fingerprint density at radius 3 is 3.00 bits per heavy atom. The molecule has 140 valence electrons. The molecule has 2 aliphatic heterocycles. The lowest BCUT2D eigenvalue weighted by atomic mass is 9.99. The Balaban J connectivity index is 1.36. The van der Waals surface area contributed by atoms with Crippen molar-refractivity contribution in [2.45, 2.75) is 30.3 Å². The molecule has 4 heterocycles. The molecule has 0 fully saturated rings. The number of furan rings is 1. The molecule has 0 spiro atoms. The van der Waals surface area contributed by atoms with Crippen LogP contribution in [0.3, 0.4) is 0 Å². The van der Waals surface area contributed by atoms with Gasteiger partial charge in [0.1, 0.15) is 11.2 Å². The van der Waals surface area contributed by atoms with Crippen molar-refractivity contribution in [2.24, 2.45) is 4.99 Å². The monoisotopic (exact) mass is 403 g/mol. The van der Waals surface area contributed by atoms with Gasteiger partial charge in [0.25, 0.3) is 0 Å². The van der Waals surface area contributed by atoms with Gasteiger partial charge in [0.15, 0.2) is 10.9 Å². The van der Waals surface area contributed by atoms with Crippen molar-refractivity contribution in [2.75, 3.05) is 12.3 Å². The number of fused-ring (bicyclic) bond motifs is 3. The minimum atomic E-state index is -0.271. The van der Waals surface area contributed by atoms with E-state index in [-0.39, 0.29) is 41.0 Å². The number of amides is 1. The van der Waals surface area contributed by atoms with E-state index >= 15 is 0 Å². The second-order valence-electron chi connectivity index (χ2n) is 6.17. The Labute approximate surface area is 163 Å². The van der Waals surface area contributed by atoms with Gasteiger partial charge in [-0.2, -0.15) is 0 Å². The number of aromatic nitrogens is 3. The molecule has 2 atom stereocenters. The van der Waals surface area contributed by atoms with Crippen molar-refractivity contribution >= 4 is 41.6 Å². The summed E-state index contributed by atoms with van der Waals surface area (Å²) in [6.07, 6.45) is 3.16. The minimum Gasteiger partial charge on any atom is -0.461 e. The first-order valence-corrected chi connectivity index (χ1v) is 10.2. The van der Waals surface area contributed by atoms with Crippen molar-refractivity contribution < 1.29 is 14.0 Å². The number of nitrogens with zero attached hydrogens (tertiary/aromatic N) is 4. The van der Waals surface area contributed by atoms with Crippen LogP contribution in [0, 0.1) is 0 Å². The second-order valence-corrected chi connectivity index (χ2v) is 8.44. The van der Waals surface area contributed by atoms with Crippen molar-refractivity contribution in [3.05, 3.63) is 40.5 Å². The number of aliphatic imine (C=N–C) groups is 1. The normalized spacial score (nSPS) is 20.5. The summed E-state index contributed by atoms with van der Waals surface area (Å²) >= 11 is 3.01. The van der Waals surface area contributed by atoms with Gasteiger partial charge in [-0.1, -0.05) is 17.3 Å². The van der Waals surface area contributed by atoms with E-state index in [1.807, 2.05) is 4.57 Å². The zero-order chi connectivity index (χ0) is 19.0. The zero-order valence-corrected chi connectivity index (χ0v) is 16.3. The maximum Gasteiger partial charge on any atom is 0.230 e. The number of hydrogen-bond donors (Lipinski definition) is 1. The predicted octanol–water partition coefficient (Wildman–Crippen LogP) is 2.30. The average Bonchev–Trinajstić information content (AvgIpc) is 3.38. The summed E-state index contributed by atoms with van der Waals surface area (Å²) in [5.74, 6) is 0.815. The lowest BCUT2D eigenvalue weighted by Gasteiger charge is -2.21. The van der Waals surface area contributed by atoms with Crippen LogP contribution < -0.4 is 5.32 Å². The Kier molecular flexibility index (Phi) is 4.92. The van der Waals surface area contributed by atoms with E-state index in [9.17, 15) is 9.59 Å². The molecule has 2 aromatic heterocycles. The minimum absolute atomic E-state index is 0.101. The van der Waals surface area contributed by atoms with Gasteiger partial charge in [0.05, 0.1) is 30.8 Å². The lowest BCUT2D eigenvalue weighted by Crippen LogP contribution is -2.30. The van der Waals surface area contributed by atoms with Crippen molar-refractivity contribution in [3.8, 4) is 0 Å². The van der Waals surface area contributed by atoms with E-state index in [1.54, 1.807) is 30.2 Å². The van der Waals surface area contributed by atoms with Gasteiger partial charge in [-0.3, -0.25) is 19.1 Å². The summed E-state index contributed by atoms with van der Waals surface area (Å²) in [7, 11) is 0. The van der Waals surface area contributed by atoms with Gasteiger partial charge >= 0.3 is 0 Å². The van der Waals surface area contributed by atoms with Crippen LogP contribution in [-0.4, -0.2) is 50.5 Å². The van der Waals surface area contributed by atoms with E-state index in [0.717, 1.165) is 5.82 Å². The maximum atomic E-state index is 12.0. The number of hydrogen-bond acceptors (Lipinski definition) is 8. The number of carbonyl (C=O) groups is 2. The van der Waals surface area contributed by atoms with Crippen molar-refractivity contribution in [3.63, 3.8) is 0 Å². The van der Waals surface area contributed by atoms with Gasteiger partial charge in [0, 0.05) is 0 Å². The highest BCUT2D eigenvalue weighted by Gasteiger charge is 2.38. The molecular weight excluding hydrogens is 386 g/mol. The number of thioether (sulfide) groups is 2. The molecule has 27 heavy (non-hydrogen) atoms. The molecule has 2 aromatic rings. The molecule has 0 bridgehead atoms. The SMILES string of the molecule is CC1=C(C)C2c3nnc(SCC(=O)NCC(=O)c4ccco4)n3C=NC2S1. The standard InChI is InChI=1S/C17H17N5O3S2/c1-9-10(2)27-16-14(9)15-20-21-17(22(15)8-19-16)26-7-13(24)18-6-11(23)12-4-3-5-25-12/h3-5,8,14,16H,6-7H2,1-2H3,(H,18,24). The Morgan fingerprint density at radius 2 is 2.22 bits per heavy atom. The number of carbonyl (C=O) groups excluding carboxylic acids is 2. The molecule has 4 rings (SSSR count). The topological polar surface area (TPSA) is 102 Å². The number of Topliss-reactive ketones (excluding diaryl/α,β-unsaturated/α-hetero) is 1. The van der Waals surface area contributed by atoms with Crippen LogP contribution in [0.2, 0.25) is 0 Å². The van der Waals surface area contributed by atoms with E-state index in [1.165, 1.54) is 28.5 Å². The van der Waals surface area contributed by atoms with Crippen LogP contribution in [0.15, 0.2) is 43.4 Å². The first kappa shape index (κ1) is 18.1. The molecule has 0 radical (unpaired) electrons. The molecular formula is C17H17N5O3S2. The molecule has 8 nitrogen and oxygen atoms in total. The second kappa shape index (κ2) is 7.35. The fraction of sp³-hybridized carbons (Fsp3) is 0.353. The first-order valence-electron chi connectivity index (χ1n) is 8.33. The molecule has 2 aliphatic rings. The van der Waals surface area contributed by atoms with Gasteiger partial charge < -0.3 is 9.73 Å². The molecule has 0 saturated carbocycles. The van der Waals surface area contributed by atoms with Crippen LogP contribution in [0.25, 0.3) is 0 Å². The number of rotatable bonds is 6. The lowest BCUT2D eigenvalue weighted by molar-refractivity contribution is -0.118. The Hall–Kier alpha value is -2.33. The molecule has 1 amide bonds. The summed E-state index contributed by atoms with van der Waals surface area (Å²) in [6, 6.07) is 3.20. The van der Waals surface area contributed by atoms with E-state index in [4.69, 9.17) is 4.42 Å². The van der Waals surface area contributed by atoms with Crippen LogP contribution in [0.4, 0.5) is 0 Å². The fourth-order valence-corrected chi connectivity index (χ4v) is 4.93. The highest BCUT2D eigenvalue weighted by Crippen LogP contribution is 2.48. The van der Waals surface area contributed by atoms with E-state index in [2.05, 4.69) is 34.4 Å². The third-order valence-electron chi connectivity index (χ3n) is 4.48. The summed E-state index contributed by atoms with van der Waals surface area (Å²) in [5.41, 5.74) is 1.27. The van der Waals surface area contributed by atoms with Gasteiger partial charge in [0.2, 0.25) is 11.7 Å². The number of ketones is 1.